The minimum absolute atomic E-state index is 0.116. The molecule has 3 atom stereocenters. The van der Waals surface area contributed by atoms with Crippen molar-refractivity contribution in [2.45, 2.75) is 26.0 Å². The Balaban J connectivity index is 1.67. The molecule has 0 saturated heterocycles. The SMILES string of the molecule is C[C@@H]1CN([C@@H](C)CO)C(=O)c2cc(-c3ccc(F)cc3)cnc2O[C@@H]1CN(C)C(=O)c1ccc(F)cc1. The Hall–Kier alpha value is -3.85. The van der Waals surface area contributed by atoms with Gasteiger partial charge in [-0.3, -0.25) is 9.59 Å². The third-order valence-corrected chi connectivity index (χ3v) is 6.59. The van der Waals surface area contributed by atoms with Crippen molar-refractivity contribution in [3.63, 3.8) is 0 Å². The maximum absolute atomic E-state index is 13.6. The summed E-state index contributed by atoms with van der Waals surface area (Å²) in [4.78, 5) is 34.0. The van der Waals surface area contributed by atoms with Gasteiger partial charge in [-0.25, -0.2) is 13.8 Å². The van der Waals surface area contributed by atoms with E-state index in [1.807, 2.05) is 6.92 Å². The van der Waals surface area contributed by atoms with E-state index >= 15 is 0 Å². The van der Waals surface area contributed by atoms with E-state index in [1.54, 1.807) is 43.3 Å². The molecule has 2 amide bonds. The molecule has 0 saturated carbocycles. The molecular weight excluding hydrogens is 480 g/mol. The van der Waals surface area contributed by atoms with Crippen molar-refractivity contribution in [3.05, 3.63) is 83.6 Å². The second-order valence-electron chi connectivity index (χ2n) is 9.40. The van der Waals surface area contributed by atoms with Crippen LogP contribution >= 0.6 is 0 Å². The summed E-state index contributed by atoms with van der Waals surface area (Å²) in [7, 11) is 1.63. The lowest BCUT2D eigenvalue weighted by molar-refractivity contribution is 0.0313. The Labute approximate surface area is 214 Å². The van der Waals surface area contributed by atoms with Crippen molar-refractivity contribution in [3.8, 4) is 17.0 Å². The first-order valence-electron chi connectivity index (χ1n) is 12.0. The standard InChI is InChI=1S/C28H29F2N3O4/c1-17-14-33(18(2)16-34)28(36)24-12-21(19-4-8-22(29)9-5-19)13-31-26(24)37-25(17)15-32(3)27(35)20-6-10-23(30)11-7-20/h4-13,17-18,25,34H,14-16H2,1-3H3/t17-,18+,25-/m1/s1. The molecule has 1 aromatic heterocycles. The van der Waals surface area contributed by atoms with E-state index in [-0.39, 0.29) is 54.7 Å². The number of aliphatic hydroxyl groups excluding tert-OH is 1. The number of likely N-dealkylation sites (N-methyl/N-ethyl adjacent to an activating group) is 1. The van der Waals surface area contributed by atoms with Crippen molar-refractivity contribution in [1.82, 2.24) is 14.8 Å². The van der Waals surface area contributed by atoms with E-state index in [4.69, 9.17) is 4.74 Å². The van der Waals surface area contributed by atoms with E-state index in [0.29, 0.717) is 16.7 Å². The van der Waals surface area contributed by atoms with Crippen LogP contribution < -0.4 is 4.74 Å². The Bertz CT molecular complexity index is 1270. The molecule has 1 aliphatic rings. The smallest absolute Gasteiger partial charge is 0.259 e. The minimum Gasteiger partial charge on any atom is -0.472 e. The van der Waals surface area contributed by atoms with Crippen molar-refractivity contribution >= 4 is 11.8 Å². The predicted octanol–water partition coefficient (Wildman–Crippen LogP) is 4.02. The van der Waals surface area contributed by atoms with Gasteiger partial charge in [0.05, 0.1) is 19.2 Å². The van der Waals surface area contributed by atoms with Crippen molar-refractivity contribution in [2.75, 3.05) is 26.7 Å². The van der Waals surface area contributed by atoms with Crippen LogP contribution in [0, 0.1) is 17.6 Å². The third-order valence-electron chi connectivity index (χ3n) is 6.59. The highest BCUT2D eigenvalue weighted by atomic mass is 19.1. The second kappa shape index (κ2) is 11.0. The number of aliphatic hydroxyl groups is 1. The fourth-order valence-electron chi connectivity index (χ4n) is 4.29. The van der Waals surface area contributed by atoms with Crippen LogP contribution in [0.5, 0.6) is 5.88 Å². The van der Waals surface area contributed by atoms with Crippen LogP contribution in [0.25, 0.3) is 11.1 Å². The Morgan fingerprint density at radius 1 is 1.14 bits per heavy atom. The Morgan fingerprint density at radius 3 is 2.38 bits per heavy atom. The Morgan fingerprint density at radius 2 is 1.76 bits per heavy atom. The maximum atomic E-state index is 13.6. The van der Waals surface area contributed by atoms with E-state index in [1.165, 1.54) is 41.3 Å². The van der Waals surface area contributed by atoms with Crippen LogP contribution in [0.4, 0.5) is 8.78 Å². The zero-order valence-electron chi connectivity index (χ0n) is 20.9. The molecule has 9 heteroatoms. The first kappa shape index (κ1) is 26.2. The number of fused-ring (bicyclic) bond motifs is 1. The van der Waals surface area contributed by atoms with Crippen LogP contribution in [-0.4, -0.2) is 70.6 Å². The highest BCUT2D eigenvalue weighted by Gasteiger charge is 2.35. The summed E-state index contributed by atoms with van der Waals surface area (Å²) in [5.41, 5.74) is 1.85. The fourth-order valence-corrected chi connectivity index (χ4v) is 4.29. The van der Waals surface area contributed by atoms with Crippen LogP contribution in [0.1, 0.15) is 34.6 Å². The van der Waals surface area contributed by atoms with Gasteiger partial charge in [-0.1, -0.05) is 19.1 Å². The molecule has 0 spiro atoms. The number of amides is 2. The molecule has 7 nitrogen and oxygen atoms in total. The molecule has 2 heterocycles. The van der Waals surface area contributed by atoms with Gasteiger partial charge in [0.1, 0.15) is 23.3 Å². The summed E-state index contributed by atoms with van der Waals surface area (Å²) in [6.45, 7) is 3.90. The highest BCUT2D eigenvalue weighted by Crippen LogP contribution is 2.30. The first-order valence-corrected chi connectivity index (χ1v) is 12.0. The van der Waals surface area contributed by atoms with Gasteiger partial charge in [0.25, 0.3) is 11.8 Å². The third kappa shape index (κ3) is 5.77. The van der Waals surface area contributed by atoms with Crippen LogP contribution in [0.3, 0.4) is 0 Å². The number of benzene rings is 2. The summed E-state index contributed by atoms with van der Waals surface area (Å²) in [6.07, 6.45) is 1.02. The molecule has 3 aromatic rings. The molecule has 0 bridgehead atoms. The lowest BCUT2D eigenvalue weighted by Gasteiger charge is -2.37. The average molecular weight is 510 g/mol. The van der Waals surface area contributed by atoms with Gasteiger partial charge in [0.15, 0.2) is 0 Å². The number of carbonyl (C=O) groups is 2. The molecule has 0 fully saturated rings. The van der Waals surface area contributed by atoms with E-state index in [9.17, 15) is 23.5 Å². The van der Waals surface area contributed by atoms with Gasteiger partial charge >= 0.3 is 0 Å². The van der Waals surface area contributed by atoms with Crippen molar-refractivity contribution < 1.29 is 28.2 Å². The summed E-state index contributed by atoms with van der Waals surface area (Å²) < 4.78 is 32.9. The van der Waals surface area contributed by atoms with Crippen LogP contribution in [0.2, 0.25) is 0 Å². The number of aromatic nitrogens is 1. The number of halogens is 2. The number of rotatable bonds is 6. The molecule has 1 N–H and O–H groups in total. The van der Waals surface area contributed by atoms with Gasteiger partial charge in [0, 0.05) is 36.8 Å². The van der Waals surface area contributed by atoms with Gasteiger partial charge in [-0.2, -0.15) is 0 Å². The highest BCUT2D eigenvalue weighted by molar-refractivity contribution is 5.98. The number of hydrogen-bond acceptors (Lipinski definition) is 5. The summed E-state index contributed by atoms with van der Waals surface area (Å²) in [5.74, 6) is -1.54. The fraction of sp³-hybridized carbons (Fsp3) is 0.321. The number of nitrogens with zero attached hydrogens (tertiary/aromatic N) is 3. The number of hydrogen-bond donors (Lipinski definition) is 1. The largest absolute Gasteiger partial charge is 0.472 e. The molecular formula is C28H29F2N3O4. The molecule has 0 aliphatic carbocycles. The monoisotopic (exact) mass is 509 g/mol. The van der Waals surface area contributed by atoms with Crippen molar-refractivity contribution in [1.29, 1.82) is 0 Å². The van der Waals surface area contributed by atoms with E-state index in [0.717, 1.165) is 0 Å². The quantitative estimate of drug-likeness (QED) is 0.543. The van der Waals surface area contributed by atoms with Crippen LogP contribution in [0.15, 0.2) is 60.8 Å². The van der Waals surface area contributed by atoms with Gasteiger partial charge < -0.3 is 19.6 Å². The molecule has 4 rings (SSSR count). The lowest BCUT2D eigenvalue weighted by Crippen LogP contribution is -2.50. The lowest BCUT2D eigenvalue weighted by atomic mass is 9.99. The predicted molar refractivity (Wildman–Crippen MR) is 134 cm³/mol. The van der Waals surface area contributed by atoms with Gasteiger partial charge in [0.2, 0.25) is 5.88 Å². The summed E-state index contributed by atoms with van der Waals surface area (Å²) in [6, 6.07) is 12.4. The zero-order chi connectivity index (χ0) is 26.7. The van der Waals surface area contributed by atoms with Crippen LogP contribution in [-0.2, 0) is 0 Å². The minimum atomic E-state index is -0.529. The zero-order valence-corrected chi connectivity index (χ0v) is 20.9. The van der Waals surface area contributed by atoms with Gasteiger partial charge in [-0.15, -0.1) is 0 Å². The number of ether oxygens (including phenoxy) is 1. The molecule has 37 heavy (non-hydrogen) atoms. The summed E-state index contributed by atoms with van der Waals surface area (Å²) >= 11 is 0. The van der Waals surface area contributed by atoms with E-state index in [2.05, 4.69) is 4.98 Å². The number of carbonyl (C=O) groups excluding carboxylic acids is 2. The van der Waals surface area contributed by atoms with E-state index < -0.39 is 18.0 Å². The molecule has 1 aliphatic heterocycles. The molecule has 194 valence electrons. The van der Waals surface area contributed by atoms with Crippen molar-refractivity contribution in [2.24, 2.45) is 5.92 Å². The number of pyridine rings is 1. The average Bonchev–Trinajstić information content (AvgIpc) is 2.90. The second-order valence-corrected chi connectivity index (χ2v) is 9.40. The normalized spacial score (nSPS) is 18.3. The molecule has 0 radical (unpaired) electrons. The first-order chi connectivity index (χ1) is 17.7. The molecule has 2 aromatic carbocycles. The molecule has 0 unspecified atom stereocenters. The topological polar surface area (TPSA) is 83.0 Å². The van der Waals surface area contributed by atoms with Gasteiger partial charge in [-0.05, 0) is 55.0 Å². The summed E-state index contributed by atoms with van der Waals surface area (Å²) in [5, 5.41) is 9.83. The maximum Gasteiger partial charge on any atom is 0.259 e. The Kier molecular flexibility index (Phi) is 7.83.